The van der Waals surface area contributed by atoms with E-state index >= 15 is 0 Å². The first-order valence-corrected chi connectivity index (χ1v) is 8.11. The molecule has 0 radical (unpaired) electrons. The van der Waals surface area contributed by atoms with Gasteiger partial charge in [0.25, 0.3) is 0 Å². The molecule has 0 unspecified atom stereocenters. The molecule has 0 aromatic heterocycles. The number of anilines is 1. The molecule has 0 bridgehead atoms. The highest BCUT2D eigenvalue weighted by atomic mass is 16.5. The molecule has 0 atom stereocenters. The molecule has 0 saturated heterocycles. The van der Waals surface area contributed by atoms with Crippen molar-refractivity contribution >= 4 is 11.7 Å². The Morgan fingerprint density at radius 3 is 2.21 bits per heavy atom. The Bertz CT molecular complexity index is 646. The van der Waals surface area contributed by atoms with Crippen molar-refractivity contribution in [3.63, 3.8) is 0 Å². The van der Waals surface area contributed by atoms with Crippen LogP contribution in [-0.4, -0.2) is 24.6 Å². The Kier molecular flexibility index (Phi) is 5.85. The largest absolute Gasteiger partial charge is 0.497 e. The van der Waals surface area contributed by atoms with Crippen LogP contribution in [0.4, 0.5) is 10.5 Å². The summed E-state index contributed by atoms with van der Waals surface area (Å²) in [5.74, 6) is 0.767. The average molecular weight is 326 g/mol. The predicted molar refractivity (Wildman–Crippen MR) is 98.3 cm³/mol. The van der Waals surface area contributed by atoms with Crippen molar-refractivity contribution in [3.8, 4) is 5.75 Å². The molecule has 4 nitrogen and oxygen atoms in total. The second-order valence-electron chi connectivity index (χ2n) is 7.06. The van der Waals surface area contributed by atoms with E-state index in [1.165, 1.54) is 0 Å². The van der Waals surface area contributed by atoms with E-state index in [1.807, 2.05) is 59.5 Å². The minimum Gasteiger partial charge on any atom is -0.497 e. The smallest absolute Gasteiger partial charge is 0.322 e. The van der Waals surface area contributed by atoms with Gasteiger partial charge in [0.2, 0.25) is 0 Å². The predicted octanol–water partition coefficient (Wildman–Crippen LogP) is 4.78. The molecule has 128 valence electrons. The molecule has 0 aliphatic carbocycles. The van der Waals surface area contributed by atoms with Crippen LogP contribution < -0.4 is 10.1 Å². The molecule has 1 N–H and O–H groups in total. The fraction of sp³-hybridized carbons (Fsp3) is 0.350. The number of hydrogen-bond donors (Lipinski definition) is 1. The standard InChI is InChI=1S/C20H26N2O2/c1-20(2,3)15-22(14-16-8-6-5-7-9-16)19(23)21-17-10-12-18(24-4)13-11-17/h5-13H,14-15H2,1-4H3,(H,21,23). The highest BCUT2D eigenvalue weighted by Gasteiger charge is 2.21. The van der Waals surface area contributed by atoms with Crippen molar-refractivity contribution in [2.75, 3.05) is 19.0 Å². The highest BCUT2D eigenvalue weighted by Crippen LogP contribution is 2.20. The summed E-state index contributed by atoms with van der Waals surface area (Å²) in [6.07, 6.45) is 0. The van der Waals surface area contributed by atoms with E-state index in [-0.39, 0.29) is 11.4 Å². The van der Waals surface area contributed by atoms with Crippen molar-refractivity contribution < 1.29 is 9.53 Å². The maximum atomic E-state index is 12.7. The van der Waals surface area contributed by atoms with Gasteiger partial charge in [-0.3, -0.25) is 0 Å². The third-order valence-electron chi connectivity index (χ3n) is 3.51. The summed E-state index contributed by atoms with van der Waals surface area (Å²) in [5, 5.41) is 2.97. The van der Waals surface area contributed by atoms with Crippen LogP contribution in [-0.2, 0) is 6.54 Å². The number of carbonyl (C=O) groups is 1. The van der Waals surface area contributed by atoms with Gasteiger partial charge in [-0.2, -0.15) is 0 Å². The van der Waals surface area contributed by atoms with Crippen molar-refractivity contribution in [2.45, 2.75) is 27.3 Å². The van der Waals surface area contributed by atoms with Crippen LogP contribution in [0.3, 0.4) is 0 Å². The number of rotatable bonds is 5. The third-order valence-corrected chi connectivity index (χ3v) is 3.51. The first kappa shape index (κ1) is 17.9. The van der Waals surface area contributed by atoms with E-state index in [2.05, 4.69) is 26.1 Å². The number of ether oxygens (including phenoxy) is 1. The number of benzene rings is 2. The summed E-state index contributed by atoms with van der Waals surface area (Å²) in [7, 11) is 1.62. The van der Waals surface area contributed by atoms with E-state index < -0.39 is 0 Å². The normalized spacial score (nSPS) is 11.0. The lowest BCUT2D eigenvalue weighted by molar-refractivity contribution is 0.182. The molecule has 0 aliphatic rings. The van der Waals surface area contributed by atoms with E-state index in [1.54, 1.807) is 7.11 Å². The summed E-state index contributed by atoms with van der Waals surface area (Å²) in [5.41, 5.74) is 1.89. The molecule has 0 spiro atoms. The summed E-state index contributed by atoms with van der Waals surface area (Å²) in [6, 6.07) is 17.3. The number of nitrogens with zero attached hydrogens (tertiary/aromatic N) is 1. The van der Waals surface area contributed by atoms with Crippen LogP contribution in [0.15, 0.2) is 54.6 Å². The van der Waals surface area contributed by atoms with Gasteiger partial charge in [-0.05, 0) is 35.2 Å². The van der Waals surface area contributed by atoms with Gasteiger partial charge >= 0.3 is 6.03 Å². The van der Waals surface area contributed by atoms with Crippen molar-refractivity contribution in [2.24, 2.45) is 5.41 Å². The molecular formula is C20H26N2O2. The van der Waals surface area contributed by atoms with Gasteiger partial charge in [-0.1, -0.05) is 51.1 Å². The van der Waals surface area contributed by atoms with Gasteiger partial charge < -0.3 is 15.0 Å². The molecular weight excluding hydrogens is 300 g/mol. The quantitative estimate of drug-likeness (QED) is 0.859. The van der Waals surface area contributed by atoms with Gasteiger partial charge in [0, 0.05) is 18.8 Å². The fourth-order valence-corrected chi connectivity index (χ4v) is 2.45. The average Bonchev–Trinajstić information content (AvgIpc) is 2.54. The fourth-order valence-electron chi connectivity index (χ4n) is 2.45. The molecule has 2 aromatic rings. The zero-order chi connectivity index (χ0) is 17.6. The highest BCUT2D eigenvalue weighted by molar-refractivity contribution is 5.89. The topological polar surface area (TPSA) is 41.6 Å². The molecule has 0 aliphatic heterocycles. The Morgan fingerprint density at radius 2 is 1.67 bits per heavy atom. The maximum Gasteiger partial charge on any atom is 0.322 e. The van der Waals surface area contributed by atoms with Crippen molar-refractivity contribution in [1.29, 1.82) is 0 Å². The Labute approximate surface area is 144 Å². The molecule has 24 heavy (non-hydrogen) atoms. The van der Waals surface area contributed by atoms with E-state index in [4.69, 9.17) is 4.74 Å². The van der Waals surface area contributed by atoms with Gasteiger partial charge in [-0.25, -0.2) is 4.79 Å². The lowest BCUT2D eigenvalue weighted by atomic mass is 9.96. The molecule has 0 fully saturated rings. The van der Waals surface area contributed by atoms with Gasteiger partial charge in [-0.15, -0.1) is 0 Å². The van der Waals surface area contributed by atoms with Crippen LogP contribution in [0, 0.1) is 5.41 Å². The molecule has 4 heteroatoms. The molecule has 2 amide bonds. The monoisotopic (exact) mass is 326 g/mol. The Morgan fingerprint density at radius 1 is 1.04 bits per heavy atom. The zero-order valence-corrected chi connectivity index (χ0v) is 14.9. The third kappa shape index (κ3) is 5.61. The first-order valence-electron chi connectivity index (χ1n) is 8.11. The van der Waals surface area contributed by atoms with Gasteiger partial charge in [0.1, 0.15) is 5.75 Å². The molecule has 2 rings (SSSR count). The molecule has 2 aromatic carbocycles. The van der Waals surface area contributed by atoms with Crippen LogP contribution in [0.5, 0.6) is 5.75 Å². The number of hydrogen-bond acceptors (Lipinski definition) is 2. The summed E-state index contributed by atoms with van der Waals surface area (Å²) < 4.78 is 5.14. The number of amides is 2. The number of carbonyl (C=O) groups excluding carboxylic acids is 1. The summed E-state index contributed by atoms with van der Waals surface area (Å²) in [6.45, 7) is 7.65. The SMILES string of the molecule is COc1ccc(NC(=O)N(Cc2ccccc2)CC(C)(C)C)cc1. The second-order valence-corrected chi connectivity index (χ2v) is 7.06. The van der Waals surface area contributed by atoms with E-state index in [9.17, 15) is 4.79 Å². The number of methoxy groups -OCH3 is 1. The van der Waals surface area contributed by atoms with Gasteiger partial charge in [0.05, 0.1) is 7.11 Å². The lowest BCUT2D eigenvalue weighted by Crippen LogP contribution is -2.40. The zero-order valence-electron chi connectivity index (χ0n) is 14.9. The van der Waals surface area contributed by atoms with Crippen molar-refractivity contribution in [1.82, 2.24) is 4.90 Å². The summed E-state index contributed by atoms with van der Waals surface area (Å²) >= 11 is 0. The van der Waals surface area contributed by atoms with Gasteiger partial charge in [0.15, 0.2) is 0 Å². The Hall–Kier alpha value is -2.49. The van der Waals surface area contributed by atoms with Crippen molar-refractivity contribution in [3.05, 3.63) is 60.2 Å². The van der Waals surface area contributed by atoms with Crippen LogP contribution in [0.2, 0.25) is 0 Å². The van der Waals surface area contributed by atoms with E-state index in [0.717, 1.165) is 17.0 Å². The van der Waals surface area contributed by atoms with E-state index in [0.29, 0.717) is 13.1 Å². The van der Waals surface area contributed by atoms with Crippen LogP contribution >= 0.6 is 0 Å². The molecule has 0 saturated carbocycles. The minimum absolute atomic E-state index is 0.0199. The number of nitrogens with one attached hydrogen (secondary N) is 1. The Balaban J connectivity index is 2.10. The second kappa shape index (κ2) is 7.86. The lowest BCUT2D eigenvalue weighted by Gasteiger charge is -2.30. The van der Waals surface area contributed by atoms with Crippen LogP contribution in [0.25, 0.3) is 0 Å². The number of urea groups is 1. The minimum atomic E-state index is -0.0982. The summed E-state index contributed by atoms with van der Waals surface area (Å²) in [4.78, 5) is 14.6. The van der Waals surface area contributed by atoms with Crippen LogP contribution in [0.1, 0.15) is 26.3 Å². The molecule has 0 heterocycles. The first-order chi connectivity index (χ1) is 11.4. The maximum absolute atomic E-state index is 12.7.